The van der Waals surface area contributed by atoms with Gasteiger partial charge in [0.2, 0.25) is 0 Å². The summed E-state index contributed by atoms with van der Waals surface area (Å²) in [7, 11) is 0. The van der Waals surface area contributed by atoms with Crippen LogP contribution in [0.1, 0.15) is 47.7 Å². The molecule has 0 spiro atoms. The number of halogens is 3. The van der Waals surface area contributed by atoms with E-state index < -0.39 is 25.0 Å². The van der Waals surface area contributed by atoms with Gasteiger partial charge < -0.3 is 10.1 Å². The van der Waals surface area contributed by atoms with Gasteiger partial charge in [-0.25, -0.2) is 18.7 Å². The summed E-state index contributed by atoms with van der Waals surface area (Å²) in [6.45, 7) is 1.01. The zero-order valence-corrected chi connectivity index (χ0v) is 16.5. The van der Waals surface area contributed by atoms with Crippen LogP contribution < -0.4 is 10.1 Å². The van der Waals surface area contributed by atoms with Crippen molar-refractivity contribution in [2.24, 2.45) is 5.92 Å². The quantitative estimate of drug-likeness (QED) is 0.663. The lowest BCUT2D eigenvalue weighted by Gasteiger charge is -2.16. The van der Waals surface area contributed by atoms with Crippen LogP contribution in [0.4, 0.5) is 8.78 Å². The smallest absolute Gasteiger partial charge is 0.272 e. The van der Waals surface area contributed by atoms with E-state index in [0.29, 0.717) is 11.4 Å². The molecule has 6 nitrogen and oxygen atoms in total. The van der Waals surface area contributed by atoms with Crippen molar-refractivity contribution >= 4 is 23.3 Å². The number of hydrogen-bond donors (Lipinski definition) is 1. The van der Waals surface area contributed by atoms with Crippen LogP contribution in [-0.4, -0.2) is 34.7 Å². The highest BCUT2D eigenvalue weighted by Crippen LogP contribution is 2.30. The first-order chi connectivity index (χ1) is 13.8. The number of ether oxygens (including phenoxy) is 1. The molecule has 154 valence electrons. The van der Waals surface area contributed by atoms with Gasteiger partial charge >= 0.3 is 0 Å². The third kappa shape index (κ3) is 5.93. The SMILES string of the molecule is CC(NC(=O)c1ccnc(CC(=O)C2CC2)n1)c1ccc(OCC(F)F)cc1Cl. The maximum atomic E-state index is 12.5. The molecule has 1 amide bonds. The topological polar surface area (TPSA) is 81.2 Å². The van der Waals surface area contributed by atoms with E-state index in [1.807, 2.05) is 0 Å². The monoisotopic (exact) mass is 423 g/mol. The summed E-state index contributed by atoms with van der Waals surface area (Å²) in [6.07, 6.45) is 0.799. The summed E-state index contributed by atoms with van der Waals surface area (Å²) in [5.74, 6) is 0.302. The van der Waals surface area contributed by atoms with E-state index in [4.69, 9.17) is 16.3 Å². The highest BCUT2D eigenvalue weighted by molar-refractivity contribution is 6.31. The van der Waals surface area contributed by atoms with E-state index in [0.717, 1.165) is 12.8 Å². The Labute approximate surface area is 171 Å². The molecule has 1 aliphatic rings. The van der Waals surface area contributed by atoms with E-state index in [1.54, 1.807) is 13.0 Å². The fourth-order valence-electron chi connectivity index (χ4n) is 2.77. The molecule has 0 saturated heterocycles. The Balaban J connectivity index is 1.63. The Bertz CT molecular complexity index is 906. The van der Waals surface area contributed by atoms with Gasteiger partial charge in [0.05, 0.1) is 12.5 Å². The molecule has 1 aromatic carbocycles. The van der Waals surface area contributed by atoms with E-state index in [-0.39, 0.29) is 34.6 Å². The number of carbonyl (C=O) groups excluding carboxylic acids is 2. The molecule has 1 aromatic heterocycles. The number of aromatic nitrogens is 2. The van der Waals surface area contributed by atoms with Crippen molar-refractivity contribution in [3.05, 3.63) is 52.6 Å². The second kappa shape index (κ2) is 9.26. The molecule has 1 N–H and O–H groups in total. The molecule has 2 aromatic rings. The van der Waals surface area contributed by atoms with Crippen LogP contribution in [0.2, 0.25) is 5.02 Å². The van der Waals surface area contributed by atoms with Gasteiger partial charge in [-0.2, -0.15) is 0 Å². The maximum Gasteiger partial charge on any atom is 0.272 e. The Kier molecular flexibility index (Phi) is 6.74. The van der Waals surface area contributed by atoms with Crippen LogP contribution >= 0.6 is 11.6 Å². The number of rotatable bonds is 9. The summed E-state index contributed by atoms with van der Waals surface area (Å²) in [5.41, 5.74) is 0.751. The van der Waals surface area contributed by atoms with E-state index in [1.165, 1.54) is 24.4 Å². The van der Waals surface area contributed by atoms with E-state index in [9.17, 15) is 18.4 Å². The predicted molar refractivity (Wildman–Crippen MR) is 102 cm³/mol. The molecule has 0 bridgehead atoms. The van der Waals surface area contributed by atoms with Crippen LogP contribution in [-0.2, 0) is 11.2 Å². The Hall–Kier alpha value is -2.61. The van der Waals surface area contributed by atoms with Crippen molar-refractivity contribution in [3.8, 4) is 5.75 Å². The van der Waals surface area contributed by atoms with Crippen molar-refractivity contribution < 1.29 is 23.1 Å². The number of nitrogens with zero attached hydrogens (tertiary/aromatic N) is 2. The lowest BCUT2D eigenvalue weighted by atomic mass is 10.1. The van der Waals surface area contributed by atoms with Crippen molar-refractivity contribution in [3.63, 3.8) is 0 Å². The molecule has 1 saturated carbocycles. The number of hydrogen-bond acceptors (Lipinski definition) is 5. The lowest BCUT2D eigenvalue weighted by molar-refractivity contribution is -0.119. The molecule has 1 atom stereocenters. The molecule has 1 unspecified atom stereocenters. The molecular weight excluding hydrogens is 404 g/mol. The Morgan fingerprint density at radius 2 is 2.07 bits per heavy atom. The number of alkyl halides is 2. The van der Waals surface area contributed by atoms with Crippen LogP contribution in [0.5, 0.6) is 5.75 Å². The average molecular weight is 424 g/mol. The summed E-state index contributed by atoms with van der Waals surface area (Å²) in [4.78, 5) is 32.7. The number of ketones is 1. The number of Topliss-reactive ketones (excluding diaryl/α,β-unsaturated/α-hetero) is 1. The largest absolute Gasteiger partial charge is 0.488 e. The van der Waals surface area contributed by atoms with Gasteiger partial charge in [-0.15, -0.1) is 0 Å². The fraction of sp³-hybridized carbons (Fsp3) is 0.400. The van der Waals surface area contributed by atoms with Crippen molar-refractivity contribution in [2.45, 2.75) is 38.7 Å². The standard InChI is InChI=1S/C20H20ClF2N3O3/c1-11(14-5-4-13(8-15(14)21)29-10-18(22)23)25-20(28)16-6-7-24-19(26-16)9-17(27)12-2-3-12/h4-8,11-12,18H,2-3,9-10H2,1H3,(H,25,28). The summed E-state index contributed by atoms with van der Waals surface area (Å²) in [6, 6.07) is 5.54. The molecular formula is C20H20ClF2N3O3. The molecule has 1 heterocycles. The van der Waals surface area contributed by atoms with Crippen molar-refractivity contribution in [1.29, 1.82) is 0 Å². The van der Waals surface area contributed by atoms with Gasteiger partial charge in [-0.05, 0) is 43.5 Å². The normalized spacial score (nSPS) is 14.5. The third-order valence-corrected chi connectivity index (χ3v) is 4.79. The highest BCUT2D eigenvalue weighted by Gasteiger charge is 2.30. The summed E-state index contributed by atoms with van der Waals surface area (Å²) < 4.78 is 29.4. The number of carbonyl (C=O) groups is 2. The second-order valence-electron chi connectivity index (χ2n) is 6.86. The van der Waals surface area contributed by atoms with Gasteiger partial charge in [0.1, 0.15) is 29.7 Å². The predicted octanol–water partition coefficient (Wildman–Crippen LogP) is 3.79. The zero-order valence-electron chi connectivity index (χ0n) is 15.7. The molecule has 0 radical (unpaired) electrons. The molecule has 9 heteroatoms. The zero-order chi connectivity index (χ0) is 21.0. The first kappa shape index (κ1) is 21.1. The van der Waals surface area contributed by atoms with Gasteiger partial charge in [0.15, 0.2) is 0 Å². The van der Waals surface area contributed by atoms with Crippen LogP contribution in [0.15, 0.2) is 30.5 Å². The van der Waals surface area contributed by atoms with Gasteiger partial charge in [-0.3, -0.25) is 9.59 Å². The lowest BCUT2D eigenvalue weighted by Crippen LogP contribution is -2.28. The minimum absolute atomic E-state index is 0.0943. The summed E-state index contributed by atoms with van der Waals surface area (Å²) in [5, 5.41) is 3.06. The molecule has 3 rings (SSSR count). The van der Waals surface area contributed by atoms with E-state index in [2.05, 4.69) is 15.3 Å². The minimum Gasteiger partial charge on any atom is -0.488 e. The molecule has 1 fully saturated rings. The number of amides is 1. The average Bonchev–Trinajstić information content (AvgIpc) is 3.52. The first-order valence-corrected chi connectivity index (χ1v) is 9.57. The molecule has 1 aliphatic carbocycles. The van der Waals surface area contributed by atoms with Crippen molar-refractivity contribution in [2.75, 3.05) is 6.61 Å². The Morgan fingerprint density at radius 3 is 2.72 bits per heavy atom. The van der Waals surface area contributed by atoms with Gasteiger partial charge in [0, 0.05) is 17.1 Å². The third-order valence-electron chi connectivity index (χ3n) is 4.47. The van der Waals surface area contributed by atoms with Gasteiger partial charge in [-0.1, -0.05) is 17.7 Å². The number of nitrogens with one attached hydrogen (secondary N) is 1. The van der Waals surface area contributed by atoms with E-state index >= 15 is 0 Å². The fourth-order valence-corrected chi connectivity index (χ4v) is 3.11. The van der Waals surface area contributed by atoms with Crippen molar-refractivity contribution in [1.82, 2.24) is 15.3 Å². The molecule has 29 heavy (non-hydrogen) atoms. The maximum absolute atomic E-state index is 12.5. The Morgan fingerprint density at radius 1 is 1.31 bits per heavy atom. The first-order valence-electron chi connectivity index (χ1n) is 9.19. The van der Waals surface area contributed by atoms with Crippen LogP contribution in [0.3, 0.4) is 0 Å². The van der Waals surface area contributed by atoms with Crippen LogP contribution in [0, 0.1) is 5.92 Å². The molecule has 0 aliphatic heterocycles. The van der Waals surface area contributed by atoms with Crippen LogP contribution in [0.25, 0.3) is 0 Å². The number of benzene rings is 1. The summed E-state index contributed by atoms with van der Waals surface area (Å²) >= 11 is 6.21. The highest BCUT2D eigenvalue weighted by atomic mass is 35.5. The van der Waals surface area contributed by atoms with Gasteiger partial charge in [0.25, 0.3) is 12.3 Å². The minimum atomic E-state index is -2.58. The second-order valence-corrected chi connectivity index (χ2v) is 7.26.